The maximum Gasteiger partial charge on any atom is 0.417 e. The van der Waals surface area contributed by atoms with Crippen LogP contribution in [0.15, 0.2) is 54.7 Å². The highest BCUT2D eigenvalue weighted by Crippen LogP contribution is 2.27. The number of nitrogens with zero attached hydrogens (tertiary/aromatic N) is 2. The molecule has 6 heteroatoms. The fraction of sp³-hybridized carbons (Fsp3) is 0.167. The number of carbonyl (C=O) groups is 2. The van der Waals surface area contributed by atoms with E-state index in [1.807, 2.05) is 30.3 Å². The lowest BCUT2D eigenvalue weighted by Gasteiger charge is -2.18. The lowest BCUT2D eigenvalue weighted by molar-refractivity contribution is -0.124. The summed E-state index contributed by atoms with van der Waals surface area (Å²) in [7, 11) is 1.53. The van der Waals surface area contributed by atoms with Crippen molar-refractivity contribution in [3.05, 3.63) is 65.9 Å². The molecule has 1 aliphatic heterocycles. The summed E-state index contributed by atoms with van der Waals surface area (Å²) in [5.74, 6) is 0.0629. The number of hydrogen-bond acceptors (Lipinski definition) is 5. The van der Waals surface area contributed by atoms with E-state index >= 15 is 0 Å². The number of cyclic esters (lactones) is 1. The average Bonchev–Trinajstić information content (AvgIpc) is 3.02. The van der Waals surface area contributed by atoms with Crippen molar-refractivity contribution in [3.8, 4) is 5.88 Å². The Bertz CT molecular complexity index is 756. The monoisotopic (exact) mass is 324 g/mol. The van der Waals surface area contributed by atoms with Crippen LogP contribution in [0.5, 0.6) is 5.88 Å². The van der Waals surface area contributed by atoms with E-state index < -0.39 is 18.0 Å². The van der Waals surface area contributed by atoms with Crippen LogP contribution in [0.25, 0.3) is 6.08 Å². The Morgan fingerprint density at radius 2 is 2.08 bits per heavy atom. The first-order chi connectivity index (χ1) is 11.7. The number of rotatable bonds is 4. The molecule has 0 bridgehead atoms. The fourth-order valence-electron chi connectivity index (χ4n) is 2.44. The molecule has 6 nitrogen and oxygen atoms in total. The number of methoxy groups -OCH3 is 1. The molecular formula is C18H16N2O4. The zero-order valence-electron chi connectivity index (χ0n) is 13.1. The van der Waals surface area contributed by atoms with Gasteiger partial charge in [0.05, 0.1) is 7.11 Å². The lowest BCUT2D eigenvalue weighted by atomic mass is 10.1. The van der Waals surface area contributed by atoms with Crippen LogP contribution in [0.2, 0.25) is 0 Å². The van der Waals surface area contributed by atoms with Crippen molar-refractivity contribution in [2.75, 3.05) is 13.7 Å². The number of aromatic nitrogens is 1. The van der Waals surface area contributed by atoms with Crippen LogP contribution in [0, 0.1) is 0 Å². The molecule has 0 N–H and O–H groups in total. The highest BCUT2D eigenvalue weighted by Gasteiger charge is 2.37. The van der Waals surface area contributed by atoms with E-state index in [0.29, 0.717) is 5.88 Å². The number of amides is 2. The van der Waals surface area contributed by atoms with Crippen molar-refractivity contribution in [1.82, 2.24) is 9.88 Å². The van der Waals surface area contributed by atoms with Crippen LogP contribution < -0.4 is 4.74 Å². The van der Waals surface area contributed by atoms with Crippen LogP contribution >= 0.6 is 0 Å². The first kappa shape index (κ1) is 15.7. The van der Waals surface area contributed by atoms with Gasteiger partial charge in [-0.05, 0) is 23.3 Å². The molecule has 0 saturated carbocycles. The zero-order valence-corrected chi connectivity index (χ0v) is 13.1. The Labute approximate surface area is 139 Å². The summed E-state index contributed by atoms with van der Waals surface area (Å²) in [6.07, 6.45) is 3.89. The van der Waals surface area contributed by atoms with Crippen molar-refractivity contribution < 1.29 is 19.1 Å². The van der Waals surface area contributed by atoms with E-state index in [2.05, 4.69) is 4.98 Å². The van der Waals surface area contributed by atoms with Crippen LogP contribution in [0.4, 0.5) is 4.79 Å². The minimum absolute atomic E-state index is 0.159. The van der Waals surface area contributed by atoms with Crippen LogP contribution in [-0.2, 0) is 9.53 Å². The van der Waals surface area contributed by atoms with Gasteiger partial charge in [-0.1, -0.05) is 30.3 Å². The van der Waals surface area contributed by atoms with Gasteiger partial charge in [0.2, 0.25) is 5.88 Å². The highest BCUT2D eigenvalue weighted by atomic mass is 16.6. The van der Waals surface area contributed by atoms with Gasteiger partial charge in [-0.15, -0.1) is 0 Å². The molecule has 1 aromatic heterocycles. The van der Waals surface area contributed by atoms with Crippen LogP contribution in [0.1, 0.15) is 17.2 Å². The Hall–Kier alpha value is -3.15. The molecule has 1 saturated heterocycles. The quantitative estimate of drug-likeness (QED) is 0.809. The number of ether oxygens (including phenoxy) is 2. The zero-order chi connectivity index (χ0) is 16.9. The van der Waals surface area contributed by atoms with Gasteiger partial charge in [-0.2, -0.15) is 0 Å². The Morgan fingerprint density at radius 3 is 2.75 bits per heavy atom. The van der Waals surface area contributed by atoms with Crippen molar-refractivity contribution in [3.63, 3.8) is 0 Å². The first-order valence-electron chi connectivity index (χ1n) is 7.42. The van der Waals surface area contributed by atoms with Crippen molar-refractivity contribution >= 4 is 18.1 Å². The summed E-state index contributed by atoms with van der Waals surface area (Å²) in [5, 5.41) is 0. The second-order valence-electron chi connectivity index (χ2n) is 5.18. The first-order valence-corrected chi connectivity index (χ1v) is 7.42. The van der Waals surface area contributed by atoms with E-state index in [1.54, 1.807) is 24.4 Å². The summed E-state index contributed by atoms with van der Waals surface area (Å²) in [6, 6.07) is 12.4. The van der Waals surface area contributed by atoms with Gasteiger partial charge in [0, 0.05) is 18.3 Å². The van der Waals surface area contributed by atoms with Gasteiger partial charge < -0.3 is 9.47 Å². The van der Waals surface area contributed by atoms with Gasteiger partial charge in [-0.25, -0.2) is 14.7 Å². The molecule has 122 valence electrons. The topological polar surface area (TPSA) is 68.7 Å². The number of hydrogen-bond donors (Lipinski definition) is 0. The third-order valence-electron chi connectivity index (χ3n) is 3.68. The van der Waals surface area contributed by atoms with E-state index in [4.69, 9.17) is 9.47 Å². The van der Waals surface area contributed by atoms with Gasteiger partial charge in [0.15, 0.2) is 0 Å². The number of pyridine rings is 1. The molecule has 2 amide bonds. The second kappa shape index (κ2) is 6.95. The Morgan fingerprint density at radius 1 is 1.29 bits per heavy atom. The van der Waals surface area contributed by atoms with E-state index in [-0.39, 0.29) is 6.61 Å². The molecule has 2 heterocycles. The molecule has 2 aromatic rings. The minimum Gasteiger partial charge on any atom is -0.481 e. The van der Waals surface area contributed by atoms with Crippen LogP contribution in [-0.4, -0.2) is 35.6 Å². The predicted molar refractivity (Wildman–Crippen MR) is 87.2 cm³/mol. The van der Waals surface area contributed by atoms with Gasteiger partial charge >= 0.3 is 6.09 Å². The molecule has 0 radical (unpaired) electrons. The fourth-order valence-corrected chi connectivity index (χ4v) is 2.44. The van der Waals surface area contributed by atoms with Crippen molar-refractivity contribution in [1.29, 1.82) is 0 Å². The van der Waals surface area contributed by atoms with E-state index in [0.717, 1.165) is 16.0 Å². The summed E-state index contributed by atoms with van der Waals surface area (Å²) in [5.41, 5.74) is 1.59. The molecule has 24 heavy (non-hydrogen) atoms. The maximum atomic E-state index is 12.4. The molecule has 1 aliphatic rings. The summed E-state index contributed by atoms with van der Waals surface area (Å²) < 4.78 is 10.0. The van der Waals surface area contributed by atoms with Crippen molar-refractivity contribution in [2.24, 2.45) is 0 Å². The molecular weight excluding hydrogens is 308 g/mol. The molecule has 0 unspecified atom stereocenters. The Kier molecular flexibility index (Phi) is 4.56. The highest BCUT2D eigenvalue weighted by molar-refractivity contribution is 6.02. The molecule has 1 atom stereocenters. The largest absolute Gasteiger partial charge is 0.481 e. The molecule has 0 aliphatic carbocycles. The molecule has 0 spiro atoms. The van der Waals surface area contributed by atoms with Gasteiger partial charge in [0.25, 0.3) is 5.91 Å². The smallest absolute Gasteiger partial charge is 0.417 e. The normalized spacial score (nSPS) is 17.1. The number of imide groups is 1. The van der Waals surface area contributed by atoms with Crippen molar-refractivity contribution in [2.45, 2.75) is 6.04 Å². The van der Waals surface area contributed by atoms with Gasteiger partial charge in [0.1, 0.15) is 12.6 Å². The average molecular weight is 324 g/mol. The standard InChI is InChI=1S/C18H16N2O4/c1-23-16-9-7-13(11-19-16)8-10-17(21)20-15(12-24-18(20)22)14-5-3-2-4-6-14/h2-11,15H,12H2,1H3/b10-8+/t15-/m0/s1. The van der Waals surface area contributed by atoms with E-state index in [9.17, 15) is 9.59 Å². The summed E-state index contributed by atoms with van der Waals surface area (Å²) >= 11 is 0. The summed E-state index contributed by atoms with van der Waals surface area (Å²) in [4.78, 5) is 29.5. The second-order valence-corrected chi connectivity index (χ2v) is 5.18. The third kappa shape index (κ3) is 3.27. The SMILES string of the molecule is COc1ccc(/C=C/C(=O)N2C(=O)OC[C@H]2c2ccccc2)cn1. The predicted octanol–water partition coefficient (Wildman–Crippen LogP) is 2.82. The maximum absolute atomic E-state index is 12.4. The van der Waals surface area contributed by atoms with Gasteiger partial charge in [-0.3, -0.25) is 4.79 Å². The lowest BCUT2D eigenvalue weighted by Crippen LogP contribution is -2.32. The minimum atomic E-state index is -0.633. The third-order valence-corrected chi connectivity index (χ3v) is 3.68. The number of benzene rings is 1. The Balaban J connectivity index is 1.76. The summed E-state index contributed by atoms with van der Waals surface area (Å²) in [6.45, 7) is 0.159. The van der Waals surface area contributed by atoms with Crippen LogP contribution in [0.3, 0.4) is 0 Å². The molecule has 1 fully saturated rings. The molecule has 3 rings (SSSR count). The van der Waals surface area contributed by atoms with E-state index in [1.165, 1.54) is 13.2 Å². The molecule has 1 aromatic carbocycles. The number of carbonyl (C=O) groups excluding carboxylic acids is 2.